The predicted molar refractivity (Wildman–Crippen MR) is 55.9 cm³/mol. The summed E-state index contributed by atoms with van der Waals surface area (Å²) in [7, 11) is 0. The second kappa shape index (κ2) is 4.82. The van der Waals surface area contributed by atoms with Gasteiger partial charge in [-0.25, -0.2) is 0 Å². The molecular weight excluding hydrogens is 196 g/mol. The van der Waals surface area contributed by atoms with Crippen LogP contribution in [0.1, 0.15) is 12.7 Å². The summed E-state index contributed by atoms with van der Waals surface area (Å²) in [6, 6.07) is 2.15. The summed E-state index contributed by atoms with van der Waals surface area (Å²) in [5, 5.41) is 17.3. The molecule has 0 unspecified atom stereocenters. The molecule has 0 saturated heterocycles. The van der Waals surface area contributed by atoms with E-state index in [-0.39, 0.29) is 5.25 Å². The molecule has 0 amide bonds. The van der Waals surface area contributed by atoms with E-state index < -0.39 is 0 Å². The maximum atomic E-state index is 8.68. The molecule has 1 heterocycles. The van der Waals surface area contributed by atoms with Gasteiger partial charge in [-0.3, -0.25) is 0 Å². The third kappa shape index (κ3) is 2.36. The van der Waals surface area contributed by atoms with Gasteiger partial charge in [-0.15, -0.1) is 16.8 Å². The Bertz CT molecular complexity index is 363. The Labute approximate surface area is 87.6 Å². The average molecular weight is 208 g/mol. The topological polar surface area (TPSA) is 54.5 Å². The van der Waals surface area contributed by atoms with Crippen molar-refractivity contribution in [1.82, 2.24) is 14.8 Å². The van der Waals surface area contributed by atoms with Gasteiger partial charge in [0, 0.05) is 6.54 Å². The second-order valence-corrected chi connectivity index (χ2v) is 4.13. The SMILES string of the molecule is C=CCn1c(C)nnc1S[C@H](C)C#N. The van der Waals surface area contributed by atoms with Gasteiger partial charge in [-0.2, -0.15) is 5.26 Å². The smallest absolute Gasteiger partial charge is 0.192 e. The maximum Gasteiger partial charge on any atom is 0.192 e. The van der Waals surface area contributed by atoms with Gasteiger partial charge in [0.1, 0.15) is 5.82 Å². The van der Waals surface area contributed by atoms with Crippen molar-refractivity contribution in [3.63, 3.8) is 0 Å². The van der Waals surface area contributed by atoms with Crippen molar-refractivity contribution in [2.24, 2.45) is 0 Å². The fourth-order valence-electron chi connectivity index (χ4n) is 0.972. The van der Waals surface area contributed by atoms with E-state index in [0.717, 1.165) is 11.0 Å². The summed E-state index contributed by atoms with van der Waals surface area (Å²) in [5.41, 5.74) is 0. The Morgan fingerprint density at radius 1 is 1.71 bits per heavy atom. The van der Waals surface area contributed by atoms with E-state index in [0.29, 0.717) is 6.54 Å². The van der Waals surface area contributed by atoms with Crippen LogP contribution in [0.4, 0.5) is 0 Å². The molecule has 0 saturated carbocycles. The summed E-state index contributed by atoms with van der Waals surface area (Å²) in [4.78, 5) is 0. The summed E-state index contributed by atoms with van der Waals surface area (Å²) >= 11 is 1.41. The van der Waals surface area contributed by atoms with Gasteiger partial charge >= 0.3 is 0 Å². The number of aromatic nitrogens is 3. The van der Waals surface area contributed by atoms with Crippen LogP contribution in [-0.2, 0) is 6.54 Å². The fourth-order valence-corrected chi connectivity index (χ4v) is 1.76. The number of nitriles is 1. The van der Waals surface area contributed by atoms with Gasteiger partial charge < -0.3 is 4.57 Å². The van der Waals surface area contributed by atoms with Gasteiger partial charge in [0.05, 0.1) is 11.3 Å². The van der Waals surface area contributed by atoms with E-state index in [1.807, 2.05) is 18.4 Å². The van der Waals surface area contributed by atoms with Crippen LogP contribution in [0.5, 0.6) is 0 Å². The number of rotatable bonds is 4. The molecule has 0 fully saturated rings. The first kappa shape index (κ1) is 10.8. The van der Waals surface area contributed by atoms with Crippen molar-refractivity contribution in [3.05, 3.63) is 18.5 Å². The number of hydrogen-bond donors (Lipinski definition) is 0. The molecule has 0 aromatic carbocycles. The molecule has 0 aliphatic heterocycles. The van der Waals surface area contributed by atoms with Crippen LogP contribution in [0.3, 0.4) is 0 Å². The van der Waals surface area contributed by atoms with Crippen LogP contribution >= 0.6 is 11.8 Å². The molecule has 0 bridgehead atoms. The van der Waals surface area contributed by atoms with E-state index in [9.17, 15) is 0 Å². The van der Waals surface area contributed by atoms with Crippen molar-refractivity contribution < 1.29 is 0 Å². The van der Waals surface area contributed by atoms with Gasteiger partial charge in [-0.05, 0) is 13.8 Å². The molecule has 4 nitrogen and oxygen atoms in total. The minimum absolute atomic E-state index is 0.109. The average Bonchev–Trinajstić information content (AvgIpc) is 2.50. The predicted octanol–water partition coefficient (Wildman–Crippen LogP) is 1.78. The van der Waals surface area contributed by atoms with Crippen molar-refractivity contribution >= 4 is 11.8 Å². The Balaban J connectivity index is 2.86. The molecule has 0 radical (unpaired) electrons. The molecule has 0 aliphatic carbocycles. The minimum Gasteiger partial charge on any atom is -0.302 e. The van der Waals surface area contributed by atoms with Gasteiger partial charge in [0.2, 0.25) is 0 Å². The van der Waals surface area contributed by atoms with Gasteiger partial charge in [0.25, 0.3) is 0 Å². The lowest BCUT2D eigenvalue weighted by atomic mass is 10.5. The number of nitrogens with zero attached hydrogens (tertiary/aromatic N) is 4. The first-order chi connectivity index (χ1) is 6.69. The van der Waals surface area contributed by atoms with E-state index in [1.54, 1.807) is 6.08 Å². The van der Waals surface area contributed by atoms with Crippen LogP contribution in [0.15, 0.2) is 17.8 Å². The molecule has 0 spiro atoms. The normalized spacial score (nSPS) is 12.1. The molecule has 1 rings (SSSR count). The lowest BCUT2D eigenvalue weighted by Crippen LogP contribution is -2.02. The van der Waals surface area contributed by atoms with E-state index in [1.165, 1.54) is 11.8 Å². The van der Waals surface area contributed by atoms with Crippen LogP contribution in [0.25, 0.3) is 0 Å². The molecule has 1 aromatic heterocycles. The first-order valence-electron chi connectivity index (χ1n) is 4.26. The molecule has 0 N–H and O–H groups in total. The van der Waals surface area contributed by atoms with Crippen LogP contribution in [0, 0.1) is 18.3 Å². The standard InChI is InChI=1S/C9H12N4S/c1-4-5-13-8(3)11-12-9(13)14-7(2)6-10/h4,7H,1,5H2,2-3H3/t7-/m1/s1. The van der Waals surface area contributed by atoms with Crippen molar-refractivity contribution in [3.8, 4) is 6.07 Å². The zero-order chi connectivity index (χ0) is 10.6. The van der Waals surface area contributed by atoms with Gasteiger partial charge in [0.15, 0.2) is 5.16 Å². The minimum atomic E-state index is -0.109. The summed E-state index contributed by atoms with van der Waals surface area (Å²) in [5.74, 6) is 0.845. The highest BCUT2D eigenvalue weighted by Gasteiger charge is 2.11. The highest BCUT2D eigenvalue weighted by atomic mass is 32.2. The third-order valence-corrected chi connectivity index (χ3v) is 2.65. The lowest BCUT2D eigenvalue weighted by molar-refractivity contribution is 0.703. The summed E-state index contributed by atoms with van der Waals surface area (Å²) in [6.07, 6.45) is 1.79. The Morgan fingerprint density at radius 2 is 2.43 bits per heavy atom. The Hall–Kier alpha value is -1.28. The highest BCUT2D eigenvalue weighted by Crippen LogP contribution is 2.21. The maximum absolute atomic E-state index is 8.68. The first-order valence-corrected chi connectivity index (χ1v) is 5.14. The fraction of sp³-hybridized carbons (Fsp3) is 0.444. The van der Waals surface area contributed by atoms with Crippen molar-refractivity contribution in [2.45, 2.75) is 30.8 Å². The summed E-state index contributed by atoms with van der Waals surface area (Å²) in [6.45, 7) is 8.07. The van der Waals surface area contributed by atoms with Crippen molar-refractivity contribution in [1.29, 1.82) is 5.26 Å². The van der Waals surface area contributed by atoms with E-state index in [4.69, 9.17) is 5.26 Å². The monoisotopic (exact) mass is 208 g/mol. The number of allylic oxidation sites excluding steroid dienone is 1. The molecule has 1 atom stereocenters. The van der Waals surface area contributed by atoms with E-state index >= 15 is 0 Å². The zero-order valence-corrected chi connectivity index (χ0v) is 9.08. The van der Waals surface area contributed by atoms with Crippen LogP contribution in [-0.4, -0.2) is 20.0 Å². The summed E-state index contributed by atoms with van der Waals surface area (Å²) < 4.78 is 1.94. The Kier molecular flexibility index (Phi) is 3.72. The highest BCUT2D eigenvalue weighted by molar-refractivity contribution is 8.00. The number of aryl methyl sites for hydroxylation is 1. The van der Waals surface area contributed by atoms with Gasteiger partial charge in [-0.1, -0.05) is 17.8 Å². The number of hydrogen-bond acceptors (Lipinski definition) is 4. The number of thioether (sulfide) groups is 1. The van der Waals surface area contributed by atoms with Crippen LogP contribution < -0.4 is 0 Å². The molecule has 0 aliphatic rings. The Morgan fingerprint density at radius 3 is 3.00 bits per heavy atom. The third-order valence-electron chi connectivity index (χ3n) is 1.68. The largest absolute Gasteiger partial charge is 0.302 e. The quantitative estimate of drug-likeness (QED) is 0.559. The lowest BCUT2D eigenvalue weighted by Gasteiger charge is -2.05. The molecule has 1 aromatic rings. The molecular formula is C9H12N4S. The van der Waals surface area contributed by atoms with Crippen LogP contribution in [0.2, 0.25) is 0 Å². The zero-order valence-electron chi connectivity index (χ0n) is 8.27. The van der Waals surface area contributed by atoms with Crippen molar-refractivity contribution in [2.75, 3.05) is 0 Å². The second-order valence-electron chi connectivity index (χ2n) is 2.82. The molecule has 74 valence electrons. The molecule has 5 heteroatoms. The van der Waals surface area contributed by atoms with E-state index in [2.05, 4.69) is 22.8 Å². The molecule has 14 heavy (non-hydrogen) atoms.